The van der Waals surface area contributed by atoms with Crippen LogP contribution in [-0.2, 0) is 98.4 Å². The number of guanidine groups is 1. The third-order valence-corrected chi connectivity index (χ3v) is 39.0. The molecule has 3 aromatic carbocycles. The molecule has 51 heteroatoms. The zero-order valence-electron chi connectivity index (χ0n) is 84.5. The summed E-state index contributed by atoms with van der Waals surface area (Å²) in [5, 5.41) is 120. The SMILES string of the molecule is CC[C@]1(O)C[C@@H]2C[N@@](CCc3c([nH]c4ccccc34)[C@@](C(=O)OC)(c3cc4c(cc3OC)N(C)[C@H]3[C@@](O)(C(=O)NCCC[Si](C)(C)O[Si](C)(C)CSc5ncc(Cn6cc(C[C@H](NC(=O)[C@H](CC(=O)O)NC(=O)[C@H](CC(=O)O)NC(=O)[C@H](CCCNC(=N)N)NC(=O)[C@H](CC(=O)O)NC(=O)CC[C@@H](C)NC(=O)c7ccc(NCc8cnc9nc(N)[nH]c(=O)c9n8)cc7)C(=O)O)nn6)cn5)[C@H](O)[C@]5(CC)C=CCN6CC[C@]43[C@@H]65)C2)C1. The fourth-order valence-corrected chi connectivity index (χ4v) is 32.9. The Labute approximate surface area is 862 Å². The van der Waals surface area contributed by atoms with Gasteiger partial charge in [0, 0.05) is 157 Å². The van der Waals surface area contributed by atoms with Crippen molar-refractivity contribution in [1.82, 2.24) is 102 Å². The number of aliphatic carboxylic acids is 4. The lowest BCUT2D eigenvalue weighted by atomic mass is 9.47. The lowest BCUT2D eigenvalue weighted by Crippen LogP contribution is -2.81. The van der Waals surface area contributed by atoms with E-state index in [0.29, 0.717) is 127 Å². The van der Waals surface area contributed by atoms with E-state index in [-0.39, 0.29) is 92.6 Å². The summed E-state index contributed by atoms with van der Waals surface area (Å²) >= 11 is 1.40. The summed E-state index contributed by atoms with van der Waals surface area (Å²) in [6.07, 6.45) is 6.67. The van der Waals surface area contributed by atoms with Crippen molar-refractivity contribution in [3.05, 3.63) is 153 Å². The Morgan fingerprint density at radius 3 is 2.04 bits per heavy atom. The first-order valence-corrected chi connectivity index (χ1v) is 56.8. The number of nitrogen functional groups attached to an aromatic ring is 1. The number of ether oxygens (including phenoxy) is 2. The monoisotopic (exact) mass is 2110 g/mol. The number of benzene rings is 3. The van der Waals surface area contributed by atoms with Crippen LogP contribution < -0.4 is 74.5 Å². The molecule has 14 rings (SSSR count). The second kappa shape index (κ2) is 46.0. The number of hydrogen-bond donors (Lipinski definition) is 21. The highest BCUT2D eigenvalue weighted by Crippen LogP contribution is 2.68. The molecule has 1 aliphatic carbocycles. The Bertz CT molecular complexity index is 6500. The van der Waals surface area contributed by atoms with Crippen molar-refractivity contribution < 1.29 is 107 Å². The van der Waals surface area contributed by atoms with Gasteiger partial charge in [-0.05, 0) is 163 Å². The van der Waals surface area contributed by atoms with E-state index >= 15 is 9.59 Å². The molecule has 16 atom stereocenters. The molecule has 1 saturated carbocycles. The first kappa shape index (κ1) is 111. The number of nitrogens with zero attached hydrogens (tertiary/aromatic N) is 11. The van der Waals surface area contributed by atoms with Crippen LogP contribution >= 0.6 is 11.8 Å². The van der Waals surface area contributed by atoms with Gasteiger partial charge in [-0.1, -0.05) is 61.2 Å². The average molecular weight is 2120 g/mol. The van der Waals surface area contributed by atoms with E-state index in [1.807, 2.05) is 62.2 Å². The van der Waals surface area contributed by atoms with Crippen molar-refractivity contribution in [3.63, 3.8) is 0 Å². The smallest absolute Gasteiger partial charge is 0.326 e. The highest BCUT2D eigenvalue weighted by molar-refractivity contribution is 8.00. The van der Waals surface area contributed by atoms with Crippen LogP contribution in [0.4, 0.5) is 17.3 Å². The van der Waals surface area contributed by atoms with Crippen LogP contribution in [0.5, 0.6) is 5.75 Å². The van der Waals surface area contributed by atoms with Crippen molar-refractivity contribution in [1.29, 1.82) is 5.41 Å². The van der Waals surface area contributed by atoms with E-state index < -0.39 is 207 Å². The molecule has 5 aromatic heterocycles. The molecule has 3 fully saturated rings. The molecule has 23 N–H and O–H groups in total. The van der Waals surface area contributed by atoms with Crippen molar-refractivity contribution >= 4 is 145 Å². The maximum absolute atomic E-state index is 15.7. The summed E-state index contributed by atoms with van der Waals surface area (Å²) in [6, 6.07) is 7.06. The number of hydrogen-bond acceptors (Lipinski definition) is 33. The Balaban J connectivity index is 0.562. The Morgan fingerprint density at radius 1 is 0.732 bits per heavy atom. The van der Waals surface area contributed by atoms with Crippen molar-refractivity contribution in [2.75, 3.05) is 88.4 Å². The number of aliphatic hydroxyl groups is 3. The number of carboxylic acid groups (broad SMARTS) is 4. The molecule has 149 heavy (non-hydrogen) atoms. The fourth-order valence-electron chi connectivity index (χ4n) is 22.6. The number of likely N-dealkylation sites (N-methyl/N-ethyl adjacent to an activating group) is 1. The number of amides is 7. The molecule has 10 heterocycles. The van der Waals surface area contributed by atoms with Crippen LogP contribution in [0.15, 0.2) is 108 Å². The molecular formula is C98H131N25O23SSi2. The Morgan fingerprint density at radius 2 is 1.39 bits per heavy atom. The van der Waals surface area contributed by atoms with Crippen LogP contribution in [-0.4, -0.2) is 327 Å². The Kier molecular flexibility index (Phi) is 34.2. The van der Waals surface area contributed by atoms with Crippen LogP contribution in [0, 0.1) is 16.7 Å². The molecular weight excluding hydrogens is 1980 g/mol. The number of piperidine rings is 1. The number of aliphatic hydroxyl groups excluding tert-OH is 1. The number of nitrogens with one attached hydrogen (secondary N) is 12. The number of carbonyl (C=O) groups is 12. The van der Waals surface area contributed by atoms with Gasteiger partial charge in [0.25, 0.3) is 17.4 Å². The van der Waals surface area contributed by atoms with Crippen LogP contribution in [0.3, 0.4) is 0 Å². The number of carbonyl (C=O) groups excluding carboxylic acids is 8. The minimum Gasteiger partial charge on any atom is -0.496 e. The normalized spacial score (nSPS) is 22.9. The number of anilines is 3. The van der Waals surface area contributed by atoms with E-state index in [1.165, 1.54) is 48.1 Å². The summed E-state index contributed by atoms with van der Waals surface area (Å²) in [5.41, 5.74) is 9.86. The molecule has 2 saturated heterocycles. The number of methoxy groups -OCH3 is 2. The van der Waals surface area contributed by atoms with Gasteiger partial charge in [-0.2, -0.15) is 4.98 Å². The van der Waals surface area contributed by atoms with Crippen molar-refractivity contribution in [2.45, 2.75) is 244 Å². The van der Waals surface area contributed by atoms with E-state index in [9.17, 15) is 88.5 Å². The molecule has 7 amide bonds. The number of aromatic nitrogens is 10. The zero-order chi connectivity index (χ0) is 108. The molecule has 5 aliphatic heterocycles. The summed E-state index contributed by atoms with van der Waals surface area (Å²) in [6.45, 7) is 17.2. The summed E-state index contributed by atoms with van der Waals surface area (Å²) in [5.74, 6) is -15.0. The van der Waals surface area contributed by atoms with Crippen LogP contribution in [0.1, 0.15) is 154 Å². The van der Waals surface area contributed by atoms with Gasteiger partial charge in [0.2, 0.25) is 35.5 Å². The van der Waals surface area contributed by atoms with E-state index in [1.54, 1.807) is 38.6 Å². The van der Waals surface area contributed by atoms with E-state index in [4.69, 9.17) is 30.5 Å². The number of para-hydroxylation sites is 1. The van der Waals surface area contributed by atoms with Crippen molar-refractivity contribution in [2.24, 2.45) is 17.1 Å². The zero-order valence-corrected chi connectivity index (χ0v) is 87.4. The third-order valence-electron chi connectivity index (χ3n) is 29.1. The average Bonchev–Trinajstić information content (AvgIpc) is 1.48. The number of carboxylic acids is 4. The van der Waals surface area contributed by atoms with Gasteiger partial charge in [0.1, 0.15) is 47.5 Å². The number of thioether (sulfide) groups is 1. The van der Waals surface area contributed by atoms with Crippen LogP contribution in [0.25, 0.3) is 22.1 Å². The predicted molar refractivity (Wildman–Crippen MR) is 548 cm³/mol. The summed E-state index contributed by atoms with van der Waals surface area (Å²) in [4.78, 5) is 211. The number of rotatable bonds is 47. The first-order chi connectivity index (χ1) is 70.7. The van der Waals surface area contributed by atoms with Crippen LogP contribution in [0.2, 0.25) is 32.2 Å². The minimum atomic E-state index is -2.52. The van der Waals surface area contributed by atoms with Gasteiger partial charge in [0.15, 0.2) is 44.5 Å². The molecule has 0 radical (unpaired) electrons. The predicted octanol–water partition coefficient (Wildman–Crippen LogP) is 1.50. The largest absolute Gasteiger partial charge is 0.496 e. The lowest BCUT2D eigenvalue weighted by Gasteiger charge is -2.63. The van der Waals surface area contributed by atoms with Gasteiger partial charge in [-0.25, -0.2) is 29.4 Å². The van der Waals surface area contributed by atoms with Gasteiger partial charge < -0.3 is 119 Å². The Hall–Kier alpha value is -14.0. The summed E-state index contributed by atoms with van der Waals surface area (Å²) < 4.78 is 21.0. The molecule has 8 aromatic rings. The first-order valence-electron chi connectivity index (χ1n) is 49.5. The summed E-state index contributed by atoms with van der Waals surface area (Å²) in [7, 11) is -0.169. The molecule has 6 aliphatic rings. The lowest BCUT2D eigenvalue weighted by molar-refractivity contribution is -0.203. The topological polar surface area (TPSA) is 712 Å². The number of esters is 1. The molecule has 1 spiro atoms. The molecule has 48 nitrogen and oxygen atoms in total. The molecule has 2 bridgehead atoms. The maximum Gasteiger partial charge on any atom is 0.326 e. The second-order valence-corrected chi connectivity index (χ2v) is 50.9. The minimum absolute atomic E-state index is 0.00984. The number of nitrogens with two attached hydrogens (primary N) is 2. The quantitative estimate of drug-likeness (QED) is 0.00375. The maximum atomic E-state index is 15.7. The highest BCUT2D eigenvalue weighted by atomic mass is 32.2. The fraction of sp³-hybridized carbons (Fsp3) is 0.520. The molecule has 800 valence electrons. The number of aromatic amines is 2. The number of fused-ring (bicyclic) bond motifs is 7. The third kappa shape index (κ3) is 24.5. The standard InChI is InChI=1S/C98H131N25O23SSi2/c1-11-94(142)42-54-43-97(90(141)145-6,77-61(27-33-121(48-54)51-94)60-18-13-14-19-64(60)111-77)63-37-62-70(41-71(63)144-5)120(4)87-96(62)29-34-122-32-16-28-95(12-2,86(96)122)88(139)98(87,143)89(140)102-31-17-35-148(7,8)146-149(9,10)52-147-93-106-44-55(45-107-93)49-123-50-58(118-119-123)36-69(85(137)138)115-83(135)68(40-75(129)130)114-82(134)67(39-74(127)128)113-80(132)65(20-15-30-103-91(99)100)112-81(133)66(38-73(125)126)110-72(124)26-21-53(3)108-79(131)56-22-24-57(25-23-56)104-46-59-47-105-78-76(109-59)84(136)117-92(101)116-78/h13-14,16,18-19,22-25,28,37,41,44-45,47,50,53-54,65-69,86-88,104,111,139,142-143H,11-12,15,17,20-21,26-27,29-36,38-40,42-43,46,48-49,51-52H2,1-10H3,(H,102,140)(H,108,131)(H,110,124)(H,112,133)(H,113,132)(H,114,134)(H,115,135)(H,125,126)(H,127,128)(H,129,130)(H,137,138)(H4,99,100,103)(H3,101,105,116,117,136)/t53-,54+,65+,66+,67+,68+,69+,86+,87-,88-,94+,95-,96-,97+,98+/m1/s1. The van der Waals surface area contributed by atoms with E-state index in [2.05, 4.69) is 141 Å². The van der Waals surface area contributed by atoms with Gasteiger partial charge in [-0.3, -0.25) is 77.7 Å². The second-order valence-electron chi connectivity index (χ2n) is 40.7. The van der Waals surface area contributed by atoms with Gasteiger partial charge in [-0.15, -0.1) is 5.10 Å². The highest BCUT2D eigenvalue weighted by Gasteiger charge is 2.79. The van der Waals surface area contributed by atoms with Crippen molar-refractivity contribution in [3.8, 4) is 5.75 Å². The van der Waals surface area contributed by atoms with Gasteiger partial charge >= 0.3 is 29.8 Å². The van der Waals surface area contributed by atoms with Gasteiger partial charge in [0.05, 0.1) is 75.8 Å². The van der Waals surface area contributed by atoms with E-state index in [0.717, 1.165) is 22.0 Å². The molecule has 0 unspecified atom stereocenters. The number of H-pyrrole nitrogens is 2.